The lowest BCUT2D eigenvalue weighted by molar-refractivity contribution is -0.155. The first-order valence-corrected chi connectivity index (χ1v) is 13.6. The molecular formula is C28H50O6. The Bertz CT molecular complexity index is 541. The molecule has 0 fully saturated rings. The number of esters is 2. The summed E-state index contributed by atoms with van der Waals surface area (Å²) in [6, 6.07) is 0. The van der Waals surface area contributed by atoms with Crippen LogP contribution in [0.2, 0.25) is 0 Å². The molecule has 2 atom stereocenters. The van der Waals surface area contributed by atoms with Crippen molar-refractivity contribution in [2.75, 3.05) is 0 Å². The number of allylic oxidation sites excluding steroid dienone is 2. The summed E-state index contributed by atoms with van der Waals surface area (Å²) < 4.78 is 10.4. The van der Waals surface area contributed by atoms with Crippen molar-refractivity contribution in [2.45, 2.75) is 149 Å². The van der Waals surface area contributed by atoms with E-state index in [4.69, 9.17) is 14.6 Å². The second-order valence-electron chi connectivity index (χ2n) is 9.38. The molecule has 34 heavy (non-hydrogen) atoms. The SMILES string of the molecule is CCCCC/C=C\CCCCCCCCCCCC[C@H](C[C@H](CC(=O)O)OC(C)=O)OC(C)=O. The summed E-state index contributed by atoms with van der Waals surface area (Å²) in [4.78, 5) is 33.7. The standard InChI is InChI=1S/C28H50O6/c1-4-5-6-7-8-9-10-11-12-13-14-15-16-17-18-19-20-21-26(33-24(2)29)22-27(23-28(31)32)34-25(3)30/h8-9,26-27H,4-7,10-23H2,1-3H3,(H,31,32)/b9-8-/t26-,27-/m1/s1. The predicted octanol–water partition coefficient (Wildman–Crippen LogP) is 7.53. The number of carbonyl (C=O) groups is 3. The Morgan fingerprint density at radius 1 is 0.676 bits per heavy atom. The molecule has 0 amide bonds. The van der Waals surface area contributed by atoms with Crippen LogP contribution in [0, 0.1) is 0 Å². The molecule has 0 spiro atoms. The van der Waals surface area contributed by atoms with Crippen LogP contribution in [0.15, 0.2) is 12.2 Å². The van der Waals surface area contributed by atoms with E-state index in [1.165, 1.54) is 90.9 Å². The Morgan fingerprint density at radius 2 is 1.12 bits per heavy atom. The van der Waals surface area contributed by atoms with Crippen molar-refractivity contribution >= 4 is 17.9 Å². The molecular weight excluding hydrogens is 432 g/mol. The Hall–Kier alpha value is -1.85. The Labute approximate surface area is 207 Å². The Morgan fingerprint density at radius 3 is 1.59 bits per heavy atom. The molecule has 0 aliphatic carbocycles. The third kappa shape index (κ3) is 23.3. The monoisotopic (exact) mass is 482 g/mol. The maximum absolute atomic E-state index is 11.4. The number of hydrogen-bond acceptors (Lipinski definition) is 5. The topological polar surface area (TPSA) is 89.9 Å². The number of carboxylic acid groups (broad SMARTS) is 1. The van der Waals surface area contributed by atoms with E-state index in [1.807, 2.05) is 0 Å². The molecule has 198 valence electrons. The van der Waals surface area contributed by atoms with Crippen molar-refractivity contribution in [1.29, 1.82) is 0 Å². The number of carbonyl (C=O) groups excluding carboxylic acids is 2. The van der Waals surface area contributed by atoms with E-state index in [0.717, 1.165) is 19.3 Å². The van der Waals surface area contributed by atoms with Crippen LogP contribution in [0.3, 0.4) is 0 Å². The van der Waals surface area contributed by atoms with Gasteiger partial charge in [-0.05, 0) is 38.5 Å². The van der Waals surface area contributed by atoms with Gasteiger partial charge in [0, 0.05) is 20.3 Å². The number of carboxylic acids is 1. The maximum atomic E-state index is 11.4. The van der Waals surface area contributed by atoms with Gasteiger partial charge < -0.3 is 14.6 Å². The average Bonchev–Trinajstić information content (AvgIpc) is 2.74. The molecule has 0 aromatic rings. The fraction of sp³-hybridized carbons (Fsp3) is 0.821. The smallest absolute Gasteiger partial charge is 0.307 e. The number of ether oxygens (including phenoxy) is 2. The van der Waals surface area contributed by atoms with Gasteiger partial charge in [0.15, 0.2) is 0 Å². The summed E-state index contributed by atoms with van der Waals surface area (Å²) in [5.41, 5.74) is 0. The first kappa shape index (κ1) is 32.1. The highest BCUT2D eigenvalue weighted by Gasteiger charge is 2.23. The molecule has 0 saturated carbocycles. The minimum Gasteiger partial charge on any atom is -0.481 e. The molecule has 0 saturated heterocycles. The van der Waals surface area contributed by atoms with E-state index in [2.05, 4.69) is 19.1 Å². The number of aliphatic carboxylic acids is 1. The molecule has 0 heterocycles. The zero-order chi connectivity index (χ0) is 25.4. The summed E-state index contributed by atoms with van der Waals surface area (Å²) in [6.07, 6.45) is 22.7. The van der Waals surface area contributed by atoms with Gasteiger partial charge in [0.25, 0.3) is 0 Å². The van der Waals surface area contributed by atoms with E-state index < -0.39 is 30.1 Å². The third-order valence-corrected chi connectivity index (χ3v) is 5.88. The summed E-state index contributed by atoms with van der Waals surface area (Å²) in [5.74, 6) is -1.96. The largest absolute Gasteiger partial charge is 0.481 e. The highest BCUT2D eigenvalue weighted by atomic mass is 16.6. The molecule has 0 aromatic carbocycles. The second-order valence-corrected chi connectivity index (χ2v) is 9.38. The van der Waals surface area contributed by atoms with Crippen molar-refractivity contribution in [2.24, 2.45) is 0 Å². The van der Waals surface area contributed by atoms with Crippen LogP contribution in [-0.4, -0.2) is 35.2 Å². The van der Waals surface area contributed by atoms with E-state index in [-0.39, 0.29) is 12.8 Å². The van der Waals surface area contributed by atoms with Crippen LogP contribution < -0.4 is 0 Å². The second kappa shape index (κ2) is 22.9. The van der Waals surface area contributed by atoms with Gasteiger partial charge in [-0.15, -0.1) is 0 Å². The van der Waals surface area contributed by atoms with Crippen LogP contribution in [-0.2, 0) is 23.9 Å². The van der Waals surface area contributed by atoms with E-state index >= 15 is 0 Å². The molecule has 1 N–H and O–H groups in total. The summed E-state index contributed by atoms with van der Waals surface area (Å²) in [6.45, 7) is 4.84. The summed E-state index contributed by atoms with van der Waals surface area (Å²) >= 11 is 0. The Balaban J connectivity index is 3.82. The van der Waals surface area contributed by atoms with E-state index in [0.29, 0.717) is 6.42 Å². The molecule has 0 rings (SSSR count). The minimum atomic E-state index is -1.04. The van der Waals surface area contributed by atoms with Gasteiger partial charge in [-0.3, -0.25) is 14.4 Å². The first-order chi connectivity index (χ1) is 16.3. The van der Waals surface area contributed by atoms with Crippen LogP contribution >= 0.6 is 0 Å². The molecule has 0 unspecified atom stereocenters. The number of hydrogen-bond donors (Lipinski definition) is 1. The lowest BCUT2D eigenvalue weighted by Crippen LogP contribution is -2.28. The lowest BCUT2D eigenvalue weighted by Gasteiger charge is -2.22. The van der Waals surface area contributed by atoms with E-state index in [1.54, 1.807) is 0 Å². The molecule has 0 aromatic heterocycles. The quantitative estimate of drug-likeness (QED) is 0.0919. The van der Waals surface area contributed by atoms with Gasteiger partial charge >= 0.3 is 17.9 Å². The molecule has 0 bridgehead atoms. The van der Waals surface area contributed by atoms with Crippen LogP contribution in [0.1, 0.15) is 136 Å². The average molecular weight is 483 g/mol. The van der Waals surface area contributed by atoms with Crippen LogP contribution in [0.25, 0.3) is 0 Å². The van der Waals surface area contributed by atoms with Gasteiger partial charge in [-0.2, -0.15) is 0 Å². The fourth-order valence-corrected chi connectivity index (χ4v) is 4.15. The van der Waals surface area contributed by atoms with Gasteiger partial charge in [-0.25, -0.2) is 0 Å². The molecule has 6 nitrogen and oxygen atoms in total. The van der Waals surface area contributed by atoms with Crippen LogP contribution in [0.5, 0.6) is 0 Å². The van der Waals surface area contributed by atoms with Crippen molar-refractivity contribution in [3.05, 3.63) is 12.2 Å². The molecule has 6 heteroatoms. The zero-order valence-corrected chi connectivity index (χ0v) is 22.0. The van der Waals surface area contributed by atoms with Crippen molar-refractivity contribution in [3.8, 4) is 0 Å². The molecule has 0 radical (unpaired) electrons. The number of unbranched alkanes of at least 4 members (excludes halogenated alkanes) is 13. The predicted molar refractivity (Wildman–Crippen MR) is 137 cm³/mol. The van der Waals surface area contributed by atoms with Gasteiger partial charge in [-0.1, -0.05) is 83.3 Å². The highest BCUT2D eigenvalue weighted by molar-refractivity contribution is 5.70. The zero-order valence-electron chi connectivity index (χ0n) is 22.0. The van der Waals surface area contributed by atoms with Crippen molar-refractivity contribution in [3.63, 3.8) is 0 Å². The summed E-state index contributed by atoms with van der Waals surface area (Å²) in [7, 11) is 0. The van der Waals surface area contributed by atoms with Crippen molar-refractivity contribution < 1.29 is 29.0 Å². The minimum absolute atomic E-state index is 0.222. The van der Waals surface area contributed by atoms with Crippen molar-refractivity contribution in [1.82, 2.24) is 0 Å². The first-order valence-electron chi connectivity index (χ1n) is 13.6. The highest BCUT2D eigenvalue weighted by Crippen LogP contribution is 2.18. The lowest BCUT2D eigenvalue weighted by atomic mass is 10.0. The normalized spacial score (nSPS) is 13.0. The fourth-order valence-electron chi connectivity index (χ4n) is 4.15. The van der Waals surface area contributed by atoms with Gasteiger partial charge in [0.05, 0.1) is 6.42 Å². The molecule has 0 aliphatic heterocycles. The van der Waals surface area contributed by atoms with Gasteiger partial charge in [0.1, 0.15) is 12.2 Å². The van der Waals surface area contributed by atoms with Crippen LogP contribution in [0.4, 0.5) is 0 Å². The van der Waals surface area contributed by atoms with Gasteiger partial charge in [0.2, 0.25) is 0 Å². The molecule has 0 aliphatic rings. The Kier molecular flexibility index (Phi) is 21.7. The number of rotatable bonds is 23. The van der Waals surface area contributed by atoms with E-state index in [9.17, 15) is 14.4 Å². The third-order valence-electron chi connectivity index (χ3n) is 5.88. The maximum Gasteiger partial charge on any atom is 0.307 e. The summed E-state index contributed by atoms with van der Waals surface area (Å²) in [5, 5.41) is 9.02.